The van der Waals surface area contributed by atoms with Crippen molar-refractivity contribution in [3.8, 4) is 0 Å². The smallest absolute Gasteiger partial charge is 0.350 e. The van der Waals surface area contributed by atoms with Gasteiger partial charge in [-0.2, -0.15) is 26.3 Å². The Hall–Kier alpha value is -2.17. The summed E-state index contributed by atoms with van der Waals surface area (Å²) in [5.41, 5.74) is -3.38. The van der Waals surface area contributed by atoms with Crippen molar-refractivity contribution in [1.29, 1.82) is 0 Å². The topological polar surface area (TPSA) is 30.5 Å². The van der Waals surface area contributed by atoms with Gasteiger partial charge < -0.3 is 14.8 Å². The molecule has 1 aliphatic heterocycles. The standard InChI is InChI=1S/C20H18F7NO2/c21-16-14(19(22,23)24)10-12(11-15(16)20(25,26)27)6-8-29-18-17(28-7-9-30-18)13-4-2-1-3-5-13/h1-5,10-11,17-18,28H,6-9H2. The van der Waals surface area contributed by atoms with Gasteiger partial charge in [-0.15, -0.1) is 0 Å². The molecule has 30 heavy (non-hydrogen) atoms. The number of ether oxygens (including phenoxy) is 2. The van der Waals surface area contributed by atoms with E-state index in [2.05, 4.69) is 5.32 Å². The molecule has 0 amide bonds. The highest BCUT2D eigenvalue weighted by atomic mass is 19.4. The zero-order chi connectivity index (χ0) is 21.9. The number of nitrogens with one attached hydrogen (secondary N) is 1. The lowest BCUT2D eigenvalue weighted by Gasteiger charge is -2.33. The molecule has 1 fully saturated rings. The van der Waals surface area contributed by atoms with E-state index in [0.29, 0.717) is 25.3 Å². The fraction of sp³-hybridized carbons (Fsp3) is 0.400. The van der Waals surface area contributed by atoms with Crippen LogP contribution in [0.5, 0.6) is 0 Å². The largest absolute Gasteiger partial charge is 0.419 e. The first-order valence-corrected chi connectivity index (χ1v) is 9.05. The van der Waals surface area contributed by atoms with Crippen LogP contribution >= 0.6 is 0 Å². The summed E-state index contributed by atoms with van der Waals surface area (Å²) in [5, 5.41) is 3.20. The summed E-state index contributed by atoms with van der Waals surface area (Å²) in [5.74, 6) is -2.33. The van der Waals surface area contributed by atoms with E-state index in [0.717, 1.165) is 5.56 Å². The summed E-state index contributed by atoms with van der Waals surface area (Å²) in [6.07, 6.45) is -11.6. The van der Waals surface area contributed by atoms with Crippen LogP contribution in [0.25, 0.3) is 0 Å². The molecule has 0 aliphatic carbocycles. The molecular weight excluding hydrogens is 419 g/mol. The number of hydrogen-bond acceptors (Lipinski definition) is 3. The van der Waals surface area contributed by atoms with E-state index >= 15 is 0 Å². The van der Waals surface area contributed by atoms with Gasteiger partial charge in [0.1, 0.15) is 5.82 Å². The number of halogens is 7. The van der Waals surface area contributed by atoms with Gasteiger partial charge in [-0.1, -0.05) is 30.3 Å². The Kier molecular flexibility index (Phi) is 6.68. The number of hydrogen-bond donors (Lipinski definition) is 1. The van der Waals surface area contributed by atoms with Crippen molar-refractivity contribution < 1.29 is 40.2 Å². The predicted octanol–water partition coefficient (Wildman–Crippen LogP) is 5.11. The molecule has 0 saturated carbocycles. The lowest BCUT2D eigenvalue weighted by molar-refractivity contribution is -0.177. The first kappa shape index (κ1) is 22.5. The minimum atomic E-state index is -5.25. The zero-order valence-electron chi connectivity index (χ0n) is 15.5. The second-order valence-electron chi connectivity index (χ2n) is 6.70. The Bertz CT molecular complexity index is 817. The number of alkyl halides is 6. The van der Waals surface area contributed by atoms with Gasteiger partial charge in [-0.3, -0.25) is 0 Å². The average Bonchev–Trinajstić information content (AvgIpc) is 2.68. The number of benzene rings is 2. The van der Waals surface area contributed by atoms with Crippen molar-refractivity contribution in [3.05, 3.63) is 70.5 Å². The summed E-state index contributed by atoms with van der Waals surface area (Å²) >= 11 is 0. The molecule has 1 aliphatic rings. The highest BCUT2D eigenvalue weighted by Gasteiger charge is 2.42. The van der Waals surface area contributed by atoms with E-state index in [1.165, 1.54) is 0 Å². The SMILES string of the molecule is Fc1c(C(F)(F)F)cc(CCOC2OCCNC2c2ccccc2)cc1C(F)(F)F. The van der Waals surface area contributed by atoms with E-state index in [1.807, 2.05) is 30.3 Å². The van der Waals surface area contributed by atoms with Gasteiger partial charge in [0, 0.05) is 6.54 Å². The van der Waals surface area contributed by atoms with Crippen LogP contribution < -0.4 is 5.32 Å². The fourth-order valence-corrected chi connectivity index (χ4v) is 3.20. The molecule has 0 radical (unpaired) electrons. The predicted molar refractivity (Wildman–Crippen MR) is 93.0 cm³/mol. The minimum absolute atomic E-state index is 0.212. The summed E-state index contributed by atoms with van der Waals surface area (Å²) in [6, 6.07) is 9.56. The highest BCUT2D eigenvalue weighted by molar-refractivity contribution is 5.35. The first-order chi connectivity index (χ1) is 14.1. The van der Waals surface area contributed by atoms with E-state index < -0.39 is 35.6 Å². The molecule has 10 heteroatoms. The summed E-state index contributed by atoms with van der Waals surface area (Å²) in [7, 11) is 0. The molecule has 0 bridgehead atoms. The van der Waals surface area contributed by atoms with Crippen molar-refractivity contribution in [2.75, 3.05) is 19.8 Å². The van der Waals surface area contributed by atoms with Gasteiger partial charge in [0.05, 0.1) is 30.4 Å². The maximum atomic E-state index is 13.8. The number of morpholine rings is 1. The van der Waals surface area contributed by atoms with Gasteiger partial charge in [-0.05, 0) is 29.7 Å². The summed E-state index contributed by atoms with van der Waals surface area (Å²) in [4.78, 5) is 0. The lowest BCUT2D eigenvalue weighted by atomic mass is 10.0. The molecule has 0 spiro atoms. The Balaban J connectivity index is 1.75. The maximum absolute atomic E-state index is 13.8. The van der Waals surface area contributed by atoms with Crippen LogP contribution in [-0.2, 0) is 28.2 Å². The molecule has 2 atom stereocenters. The molecule has 1 heterocycles. The maximum Gasteiger partial charge on any atom is 0.419 e. The number of rotatable bonds is 5. The van der Waals surface area contributed by atoms with Crippen molar-refractivity contribution in [2.24, 2.45) is 0 Å². The van der Waals surface area contributed by atoms with Gasteiger partial charge in [0.15, 0.2) is 6.29 Å². The monoisotopic (exact) mass is 437 g/mol. The van der Waals surface area contributed by atoms with Crippen molar-refractivity contribution in [1.82, 2.24) is 5.32 Å². The third kappa shape index (κ3) is 5.30. The normalized spacial score (nSPS) is 20.4. The Morgan fingerprint density at radius 3 is 2.13 bits per heavy atom. The molecule has 0 aromatic heterocycles. The third-order valence-corrected chi connectivity index (χ3v) is 4.60. The van der Waals surface area contributed by atoms with Gasteiger partial charge in [0.2, 0.25) is 0 Å². The first-order valence-electron chi connectivity index (χ1n) is 9.05. The van der Waals surface area contributed by atoms with E-state index in [1.54, 1.807) is 0 Å². The average molecular weight is 437 g/mol. The summed E-state index contributed by atoms with van der Waals surface area (Å²) < 4.78 is 103. The van der Waals surface area contributed by atoms with Crippen LogP contribution in [0, 0.1) is 5.82 Å². The molecule has 3 rings (SSSR count). The Labute approximate surface area is 167 Å². The van der Waals surface area contributed by atoms with Gasteiger partial charge >= 0.3 is 12.4 Å². The van der Waals surface area contributed by atoms with Gasteiger partial charge in [-0.25, -0.2) is 4.39 Å². The van der Waals surface area contributed by atoms with Crippen LogP contribution in [0.2, 0.25) is 0 Å². The Morgan fingerprint density at radius 2 is 1.57 bits per heavy atom. The van der Waals surface area contributed by atoms with Crippen LogP contribution in [-0.4, -0.2) is 26.0 Å². The third-order valence-electron chi connectivity index (χ3n) is 4.60. The molecule has 1 saturated heterocycles. The van der Waals surface area contributed by atoms with E-state index in [9.17, 15) is 30.7 Å². The van der Waals surface area contributed by atoms with Crippen LogP contribution in [0.15, 0.2) is 42.5 Å². The quantitative estimate of drug-likeness (QED) is 0.660. The Morgan fingerprint density at radius 1 is 0.967 bits per heavy atom. The van der Waals surface area contributed by atoms with Crippen molar-refractivity contribution in [2.45, 2.75) is 31.1 Å². The van der Waals surface area contributed by atoms with Crippen LogP contribution in [0.4, 0.5) is 30.7 Å². The van der Waals surface area contributed by atoms with E-state index in [4.69, 9.17) is 9.47 Å². The highest BCUT2D eigenvalue weighted by Crippen LogP contribution is 2.39. The molecular formula is C20H18F7NO2. The van der Waals surface area contributed by atoms with E-state index in [-0.39, 0.29) is 24.6 Å². The van der Waals surface area contributed by atoms with Crippen molar-refractivity contribution in [3.63, 3.8) is 0 Å². The van der Waals surface area contributed by atoms with Gasteiger partial charge in [0.25, 0.3) is 0 Å². The molecule has 164 valence electrons. The molecule has 2 aromatic carbocycles. The zero-order valence-corrected chi connectivity index (χ0v) is 15.5. The molecule has 3 nitrogen and oxygen atoms in total. The van der Waals surface area contributed by atoms with Crippen molar-refractivity contribution >= 4 is 0 Å². The van der Waals surface area contributed by atoms with Crippen LogP contribution in [0.1, 0.15) is 28.3 Å². The summed E-state index contributed by atoms with van der Waals surface area (Å²) in [6.45, 7) is 0.679. The second-order valence-corrected chi connectivity index (χ2v) is 6.70. The molecule has 2 unspecified atom stereocenters. The van der Waals surface area contributed by atoms with Crippen LogP contribution in [0.3, 0.4) is 0 Å². The minimum Gasteiger partial charge on any atom is -0.350 e. The lowest BCUT2D eigenvalue weighted by Crippen LogP contribution is -2.43. The second kappa shape index (κ2) is 8.91. The molecule has 2 aromatic rings. The molecule has 1 N–H and O–H groups in total. The fourth-order valence-electron chi connectivity index (χ4n) is 3.20.